The van der Waals surface area contributed by atoms with Crippen LogP contribution in [0.1, 0.15) is 31.9 Å². The van der Waals surface area contributed by atoms with Crippen LogP contribution >= 0.6 is 0 Å². The van der Waals surface area contributed by atoms with Gasteiger partial charge in [-0.25, -0.2) is 0 Å². The van der Waals surface area contributed by atoms with E-state index in [2.05, 4.69) is 74.3 Å². The molecule has 2 aromatic carbocycles. The number of H-pyrrole nitrogens is 1. The number of aromatic amines is 1. The fourth-order valence-corrected chi connectivity index (χ4v) is 2.62. The summed E-state index contributed by atoms with van der Waals surface area (Å²) in [4.78, 5) is 0. The second-order valence-electron chi connectivity index (χ2n) is 6.40. The van der Waals surface area contributed by atoms with Crippen molar-refractivity contribution in [2.45, 2.75) is 33.1 Å². The van der Waals surface area contributed by atoms with Gasteiger partial charge in [0, 0.05) is 5.39 Å². The molecule has 0 aliphatic heterocycles. The van der Waals surface area contributed by atoms with Crippen molar-refractivity contribution in [3.8, 4) is 11.1 Å². The van der Waals surface area contributed by atoms with Crippen molar-refractivity contribution in [3.05, 3.63) is 53.7 Å². The first kappa shape index (κ1) is 12.9. The van der Waals surface area contributed by atoms with Gasteiger partial charge < -0.3 is 0 Å². The van der Waals surface area contributed by atoms with Gasteiger partial charge in [0.15, 0.2) is 0 Å². The highest BCUT2D eigenvalue weighted by atomic mass is 15.1. The first-order chi connectivity index (χ1) is 9.47. The number of hydrogen-bond acceptors (Lipinski definition) is 1. The van der Waals surface area contributed by atoms with Crippen LogP contribution in [0.15, 0.2) is 42.6 Å². The molecule has 1 N–H and O–H groups in total. The van der Waals surface area contributed by atoms with Gasteiger partial charge in [-0.05, 0) is 40.7 Å². The van der Waals surface area contributed by atoms with Crippen molar-refractivity contribution >= 4 is 10.9 Å². The van der Waals surface area contributed by atoms with E-state index >= 15 is 0 Å². The second-order valence-corrected chi connectivity index (χ2v) is 6.40. The summed E-state index contributed by atoms with van der Waals surface area (Å²) in [7, 11) is 0. The molecule has 0 atom stereocenters. The van der Waals surface area contributed by atoms with E-state index < -0.39 is 0 Å². The number of aryl methyl sites for hydroxylation is 1. The van der Waals surface area contributed by atoms with Gasteiger partial charge in [-0.1, -0.05) is 51.1 Å². The van der Waals surface area contributed by atoms with E-state index in [-0.39, 0.29) is 5.41 Å². The molecule has 3 rings (SSSR count). The normalized spacial score (nSPS) is 12.0. The zero-order chi connectivity index (χ0) is 14.3. The predicted octanol–water partition coefficient (Wildman–Crippen LogP) is 4.84. The smallest absolute Gasteiger partial charge is 0.0653 e. The molecule has 20 heavy (non-hydrogen) atoms. The quantitative estimate of drug-likeness (QED) is 0.669. The van der Waals surface area contributed by atoms with Crippen LogP contribution in [-0.4, -0.2) is 10.2 Å². The Morgan fingerprint density at radius 2 is 1.65 bits per heavy atom. The van der Waals surface area contributed by atoms with Crippen LogP contribution in [-0.2, 0) is 5.41 Å². The Hall–Kier alpha value is -2.09. The number of benzene rings is 2. The maximum absolute atomic E-state index is 4.12. The Bertz CT molecular complexity index is 743. The molecule has 0 saturated heterocycles. The van der Waals surface area contributed by atoms with E-state index in [9.17, 15) is 0 Å². The first-order valence-electron chi connectivity index (χ1n) is 7.00. The van der Waals surface area contributed by atoms with E-state index in [4.69, 9.17) is 0 Å². The zero-order valence-corrected chi connectivity index (χ0v) is 12.5. The van der Waals surface area contributed by atoms with Crippen LogP contribution in [0.5, 0.6) is 0 Å². The van der Waals surface area contributed by atoms with Crippen LogP contribution < -0.4 is 0 Å². The van der Waals surface area contributed by atoms with Crippen molar-refractivity contribution in [1.82, 2.24) is 10.2 Å². The van der Waals surface area contributed by atoms with Gasteiger partial charge in [-0.2, -0.15) is 5.10 Å². The van der Waals surface area contributed by atoms with E-state index in [0.717, 1.165) is 5.52 Å². The fourth-order valence-electron chi connectivity index (χ4n) is 2.62. The van der Waals surface area contributed by atoms with Gasteiger partial charge in [0.05, 0.1) is 11.7 Å². The van der Waals surface area contributed by atoms with E-state index in [1.54, 1.807) is 0 Å². The van der Waals surface area contributed by atoms with Crippen molar-refractivity contribution in [1.29, 1.82) is 0 Å². The molecule has 0 aliphatic rings. The lowest BCUT2D eigenvalue weighted by Crippen LogP contribution is -2.10. The number of nitrogens with one attached hydrogen (secondary N) is 1. The summed E-state index contributed by atoms with van der Waals surface area (Å²) in [6.07, 6.45) is 1.90. The molecule has 0 fully saturated rings. The van der Waals surface area contributed by atoms with Gasteiger partial charge >= 0.3 is 0 Å². The predicted molar refractivity (Wildman–Crippen MR) is 85.0 cm³/mol. The molecule has 102 valence electrons. The molecule has 3 aromatic rings. The average molecular weight is 264 g/mol. The standard InChI is InChI=1S/C18H20N2/c1-12-15(9-10-17-16(12)11-19-20-17)13-5-7-14(8-6-13)18(2,3)4/h5-11H,1-4H3,(H,19,20). The largest absolute Gasteiger partial charge is 0.278 e. The summed E-state index contributed by atoms with van der Waals surface area (Å²) < 4.78 is 0. The third-order valence-electron chi connectivity index (χ3n) is 3.96. The van der Waals surface area contributed by atoms with Gasteiger partial charge in [0.1, 0.15) is 0 Å². The van der Waals surface area contributed by atoms with Gasteiger partial charge in [0.25, 0.3) is 0 Å². The van der Waals surface area contributed by atoms with Crippen molar-refractivity contribution in [3.63, 3.8) is 0 Å². The van der Waals surface area contributed by atoms with Crippen molar-refractivity contribution in [2.24, 2.45) is 0 Å². The third kappa shape index (κ3) is 2.11. The molecule has 0 aliphatic carbocycles. The summed E-state index contributed by atoms with van der Waals surface area (Å²) >= 11 is 0. The van der Waals surface area contributed by atoms with E-state index in [0.29, 0.717) is 0 Å². The third-order valence-corrected chi connectivity index (χ3v) is 3.96. The Morgan fingerprint density at radius 3 is 2.30 bits per heavy atom. The van der Waals surface area contributed by atoms with Crippen LogP contribution in [0.2, 0.25) is 0 Å². The minimum Gasteiger partial charge on any atom is -0.278 e. The summed E-state index contributed by atoms with van der Waals surface area (Å²) in [5.74, 6) is 0. The number of fused-ring (bicyclic) bond motifs is 1. The molecule has 1 aromatic heterocycles. The van der Waals surface area contributed by atoms with Gasteiger partial charge in [-0.15, -0.1) is 0 Å². The summed E-state index contributed by atoms with van der Waals surface area (Å²) in [6, 6.07) is 13.2. The molecule has 0 unspecified atom stereocenters. The van der Waals surface area contributed by atoms with Crippen LogP contribution in [0, 0.1) is 6.92 Å². The number of nitrogens with zero attached hydrogens (tertiary/aromatic N) is 1. The molecular weight excluding hydrogens is 244 g/mol. The number of rotatable bonds is 1. The lowest BCUT2D eigenvalue weighted by Gasteiger charge is -2.19. The lowest BCUT2D eigenvalue weighted by molar-refractivity contribution is 0.590. The Morgan fingerprint density at radius 1 is 0.950 bits per heavy atom. The highest BCUT2D eigenvalue weighted by molar-refractivity contribution is 5.88. The highest BCUT2D eigenvalue weighted by Crippen LogP contribution is 2.30. The number of aromatic nitrogens is 2. The Labute approximate surface area is 119 Å². The molecule has 1 heterocycles. The van der Waals surface area contributed by atoms with Crippen molar-refractivity contribution in [2.75, 3.05) is 0 Å². The number of hydrogen-bond donors (Lipinski definition) is 1. The van der Waals surface area contributed by atoms with Crippen LogP contribution in [0.3, 0.4) is 0 Å². The van der Waals surface area contributed by atoms with Crippen molar-refractivity contribution < 1.29 is 0 Å². The van der Waals surface area contributed by atoms with Crippen LogP contribution in [0.4, 0.5) is 0 Å². The molecule has 2 heteroatoms. The highest BCUT2D eigenvalue weighted by Gasteiger charge is 2.13. The molecule has 0 radical (unpaired) electrons. The minimum atomic E-state index is 0.197. The first-order valence-corrected chi connectivity index (χ1v) is 7.00. The maximum atomic E-state index is 4.12. The monoisotopic (exact) mass is 264 g/mol. The summed E-state index contributed by atoms with van der Waals surface area (Å²) in [5, 5.41) is 8.33. The molecule has 0 bridgehead atoms. The molecule has 0 spiro atoms. The zero-order valence-electron chi connectivity index (χ0n) is 12.5. The average Bonchev–Trinajstić information content (AvgIpc) is 2.88. The fraction of sp³-hybridized carbons (Fsp3) is 0.278. The minimum absolute atomic E-state index is 0.197. The SMILES string of the molecule is Cc1c(-c2ccc(C(C)(C)C)cc2)ccc2[nH]ncc12. The Kier molecular flexibility index (Phi) is 2.89. The van der Waals surface area contributed by atoms with Gasteiger partial charge in [0.2, 0.25) is 0 Å². The molecule has 0 saturated carbocycles. The second kappa shape index (κ2) is 4.48. The summed E-state index contributed by atoms with van der Waals surface area (Å²) in [5.41, 5.74) is 6.47. The molecular formula is C18H20N2. The molecule has 2 nitrogen and oxygen atoms in total. The topological polar surface area (TPSA) is 28.7 Å². The Balaban J connectivity index is 2.09. The van der Waals surface area contributed by atoms with Crippen LogP contribution in [0.25, 0.3) is 22.0 Å². The van der Waals surface area contributed by atoms with E-state index in [1.165, 1.54) is 27.6 Å². The maximum Gasteiger partial charge on any atom is 0.0653 e. The molecule has 0 amide bonds. The van der Waals surface area contributed by atoms with E-state index in [1.807, 2.05) is 6.20 Å². The van der Waals surface area contributed by atoms with Gasteiger partial charge in [-0.3, -0.25) is 5.10 Å². The lowest BCUT2D eigenvalue weighted by atomic mass is 9.86. The summed E-state index contributed by atoms with van der Waals surface area (Å²) in [6.45, 7) is 8.88.